The van der Waals surface area contributed by atoms with Gasteiger partial charge in [-0.25, -0.2) is 8.78 Å². The van der Waals surface area contributed by atoms with Crippen molar-refractivity contribution in [3.63, 3.8) is 0 Å². The fourth-order valence-electron chi connectivity index (χ4n) is 5.97. The van der Waals surface area contributed by atoms with Crippen molar-refractivity contribution < 1.29 is 35.1 Å². The molecule has 0 saturated heterocycles. The van der Waals surface area contributed by atoms with Gasteiger partial charge in [0.2, 0.25) is 12.4 Å². The third-order valence-corrected chi connectivity index (χ3v) is 9.17. The predicted molar refractivity (Wildman–Crippen MR) is 160 cm³/mol. The zero-order valence-electron chi connectivity index (χ0n) is 23.1. The van der Waals surface area contributed by atoms with Crippen LogP contribution in [-0.2, 0) is 12.4 Å². The first-order valence-corrected chi connectivity index (χ1v) is 14.3. The van der Waals surface area contributed by atoms with Gasteiger partial charge in [-0.2, -0.15) is 46.9 Å². The third kappa shape index (κ3) is 4.70. The number of fused-ring (bicyclic) bond motifs is 7. The van der Waals surface area contributed by atoms with E-state index in [1.807, 2.05) is 0 Å². The zero-order chi connectivity index (χ0) is 33.4. The van der Waals surface area contributed by atoms with Crippen LogP contribution < -0.4 is 10.7 Å². The Morgan fingerprint density at radius 2 is 0.872 bits per heavy atom. The van der Waals surface area contributed by atoms with Crippen LogP contribution in [0.15, 0.2) is 82.8 Å². The molecule has 230 valence electrons. The minimum absolute atomic E-state index is 0.177. The molecule has 0 aliphatic rings. The number of alkyl halides is 6. The summed E-state index contributed by atoms with van der Waals surface area (Å²) in [7, 11) is 0. The Labute approximate surface area is 261 Å². The molecular formula is C34H12F8N4S. The fourth-order valence-corrected chi connectivity index (χ4v) is 7.31. The van der Waals surface area contributed by atoms with E-state index in [9.17, 15) is 45.6 Å². The van der Waals surface area contributed by atoms with Crippen LogP contribution >= 0.6 is 11.3 Å². The third-order valence-electron chi connectivity index (χ3n) is 7.97. The number of nitriles is 2. The van der Waals surface area contributed by atoms with Crippen LogP contribution in [0.4, 0.5) is 35.1 Å². The molecule has 0 atom stereocenters. The summed E-state index contributed by atoms with van der Waals surface area (Å²) in [5.41, 5.74) is -1.67. The first kappa shape index (κ1) is 30.0. The number of hydrogen-bond donors (Lipinski definition) is 0. The van der Waals surface area contributed by atoms with E-state index in [1.54, 1.807) is 48.8 Å². The Balaban J connectivity index is 1.47. The van der Waals surface area contributed by atoms with Crippen LogP contribution in [0, 0.1) is 34.5 Å². The molecule has 0 unspecified atom stereocenters. The summed E-state index contributed by atoms with van der Waals surface area (Å²) < 4.78 is 109. The van der Waals surface area contributed by atoms with Gasteiger partial charge in [0.15, 0.2) is 0 Å². The largest absolute Gasteiger partial charge is 0.419 e. The zero-order valence-corrected chi connectivity index (χ0v) is 24.0. The summed E-state index contributed by atoms with van der Waals surface area (Å²) in [6.45, 7) is 0. The molecule has 0 aliphatic heterocycles. The summed E-state index contributed by atoms with van der Waals surface area (Å²) in [5, 5.41) is 23.2. The first-order valence-electron chi connectivity index (χ1n) is 13.5. The number of rotatable bonds is 2. The quantitative estimate of drug-likeness (QED) is 0.137. The summed E-state index contributed by atoms with van der Waals surface area (Å²) in [5.74, 6) is -2.87. The molecule has 7 aromatic rings. The van der Waals surface area contributed by atoms with Gasteiger partial charge in [-0.1, -0.05) is 36.4 Å². The van der Waals surface area contributed by atoms with E-state index in [0.717, 1.165) is 24.3 Å². The summed E-state index contributed by atoms with van der Waals surface area (Å²) in [6.07, 6.45) is -6.17. The van der Waals surface area contributed by atoms with Crippen molar-refractivity contribution >= 4 is 53.1 Å². The molecule has 6 aromatic carbocycles. The molecule has 0 N–H and O–H groups in total. The SMILES string of the molecule is N#C/N=c1/c2cc(-c3ccc(C(F)(F)F)c(F)c3)ccc2c2c1sc1/c(=N/C#N)c3cc(-c4ccc(C(F)(F)F)c(F)c4)ccc3c12. The number of halogens is 8. The lowest BCUT2D eigenvalue weighted by molar-refractivity contribution is -0.140. The lowest BCUT2D eigenvalue weighted by Crippen LogP contribution is -2.07. The van der Waals surface area contributed by atoms with E-state index in [4.69, 9.17) is 0 Å². The monoisotopic (exact) mass is 660 g/mol. The number of benzene rings is 4. The number of hydrogen-bond acceptors (Lipinski definition) is 5. The first-order chi connectivity index (χ1) is 22.3. The smallest absolute Gasteiger partial charge is 0.206 e. The van der Waals surface area contributed by atoms with Gasteiger partial charge in [0.25, 0.3) is 0 Å². The molecule has 1 aromatic heterocycles. The minimum atomic E-state index is -4.86. The Hall–Kier alpha value is -5.66. The second-order valence-electron chi connectivity index (χ2n) is 10.5. The van der Waals surface area contributed by atoms with E-state index in [-0.39, 0.29) is 21.8 Å². The van der Waals surface area contributed by atoms with E-state index in [1.165, 1.54) is 11.3 Å². The summed E-state index contributed by atoms with van der Waals surface area (Å²) >= 11 is 1.20. The van der Waals surface area contributed by atoms with E-state index < -0.39 is 35.1 Å². The van der Waals surface area contributed by atoms with Gasteiger partial charge >= 0.3 is 12.4 Å². The number of nitrogens with zero attached hydrogens (tertiary/aromatic N) is 4. The molecule has 13 heteroatoms. The van der Waals surface area contributed by atoms with Gasteiger partial charge in [0, 0.05) is 21.5 Å². The van der Waals surface area contributed by atoms with Crippen molar-refractivity contribution in [2.24, 2.45) is 9.98 Å². The van der Waals surface area contributed by atoms with Gasteiger partial charge in [-0.3, -0.25) is 0 Å². The molecular weight excluding hydrogens is 648 g/mol. The standard InChI is InChI=1S/C34H12F8N4S/c35-25-11-17(3-7-23(25)33(37,38)39)15-1-5-19-21(9-15)29(45-13-43)31-27(19)28-20-6-2-16(10-22(20)30(46-14-44)32(28)47-31)18-4-8-24(26(36)12-18)34(40,41)42/h1-12H/b45-29-,46-30+. The molecule has 0 fully saturated rings. The fraction of sp³-hybridized carbons (Fsp3) is 0.0588. The Morgan fingerprint density at radius 1 is 0.511 bits per heavy atom. The molecule has 7 rings (SSSR count). The van der Waals surface area contributed by atoms with Gasteiger partial charge in [-0.05, 0) is 69.4 Å². The summed E-state index contributed by atoms with van der Waals surface area (Å²) in [6, 6.07) is 15.0. The van der Waals surface area contributed by atoms with Crippen molar-refractivity contribution in [1.29, 1.82) is 10.5 Å². The highest BCUT2D eigenvalue weighted by Gasteiger charge is 2.35. The maximum Gasteiger partial charge on any atom is 0.419 e. The average Bonchev–Trinajstić information content (AvgIpc) is 3.62. The molecule has 0 radical (unpaired) electrons. The molecule has 0 amide bonds. The number of thiophene rings is 1. The lowest BCUT2D eigenvalue weighted by Gasteiger charge is -2.10. The van der Waals surface area contributed by atoms with Gasteiger partial charge in [-0.15, -0.1) is 11.3 Å². The molecule has 0 bridgehead atoms. The second kappa shape index (κ2) is 10.4. The van der Waals surface area contributed by atoms with E-state index in [2.05, 4.69) is 9.98 Å². The normalized spacial score (nSPS) is 13.3. The molecule has 0 aliphatic carbocycles. The minimum Gasteiger partial charge on any atom is -0.206 e. The van der Waals surface area contributed by atoms with Crippen LogP contribution in [0.25, 0.3) is 64.0 Å². The van der Waals surface area contributed by atoms with Gasteiger partial charge in [0.05, 0.1) is 20.5 Å². The highest BCUT2D eigenvalue weighted by Crippen LogP contribution is 2.43. The second-order valence-corrected chi connectivity index (χ2v) is 11.6. The topological polar surface area (TPSA) is 72.3 Å². The molecule has 1 heterocycles. The predicted octanol–water partition coefficient (Wildman–Crippen LogP) is 9.65. The van der Waals surface area contributed by atoms with Crippen molar-refractivity contribution in [3.05, 3.63) is 106 Å². The maximum absolute atomic E-state index is 14.4. The van der Waals surface area contributed by atoms with Crippen LogP contribution in [0.2, 0.25) is 0 Å². The van der Waals surface area contributed by atoms with Crippen LogP contribution in [0.5, 0.6) is 0 Å². The van der Waals surface area contributed by atoms with Crippen LogP contribution in [-0.4, -0.2) is 0 Å². The molecule has 47 heavy (non-hydrogen) atoms. The summed E-state index contributed by atoms with van der Waals surface area (Å²) in [4.78, 5) is 8.04. The molecule has 0 saturated carbocycles. The molecule has 4 nitrogen and oxygen atoms in total. The maximum atomic E-state index is 14.4. The van der Waals surface area contributed by atoms with Crippen molar-refractivity contribution in [3.8, 4) is 34.6 Å². The van der Waals surface area contributed by atoms with Crippen molar-refractivity contribution in [2.45, 2.75) is 12.4 Å². The Bertz CT molecular complexity index is 2480. The van der Waals surface area contributed by atoms with E-state index in [0.29, 0.717) is 65.0 Å². The highest BCUT2D eigenvalue weighted by atomic mass is 32.1. The Kier molecular flexibility index (Phi) is 6.67. The van der Waals surface area contributed by atoms with Crippen molar-refractivity contribution in [1.82, 2.24) is 0 Å². The van der Waals surface area contributed by atoms with E-state index >= 15 is 0 Å². The lowest BCUT2D eigenvalue weighted by atomic mass is 9.99. The Morgan fingerprint density at radius 3 is 1.21 bits per heavy atom. The molecule has 0 spiro atoms. The van der Waals surface area contributed by atoms with Crippen molar-refractivity contribution in [2.75, 3.05) is 0 Å². The van der Waals surface area contributed by atoms with Gasteiger partial charge in [0.1, 0.15) is 22.3 Å². The van der Waals surface area contributed by atoms with Crippen LogP contribution in [0.1, 0.15) is 11.1 Å². The highest BCUT2D eigenvalue weighted by molar-refractivity contribution is 7.26. The van der Waals surface area contributed by atoms with Gasteiger partial charge < -0.3 is 0 Å². The van der Waals surface area contributed by atoms with Crippen LogP contribution in [0.3, 0.4) is 0 Å². The average molecular weight is 661 g/mol.